The Hall–Kier alpha value is -1.30. The number of nitrogens with two attached hydrogens (primary N) is 1. The zero-order valence-corrected chi connectivity index (χ0v) is 16.0. The van der Waals surface area contributed by atoms with Gasteiger partial charge in [0.1, 0.15) is 5.82 Å². The average molecular weight is 375 g/mol. The standard InChI is InChI=1S/C17H26N4O.2ClH/c1-11(2)10-15(19-16(22)9-8-12(3)18)17-20-13-6-4-5-7-14(13)21-17;;/h4-7,11-12,15H,8-10,18H2,1-3H3,(H,19,22)(H,20,21);2*1H. The fourth-order valence-electron chi connectivity index (χ4n) is 2.47. The van der Waals surface area contributed by atoms with Crippen LogP contribution in [0.1, 0.15) is 51.9 Å². The predicted octanol–water partition coefficient (Wildman–Crippen LogP) is 3.74. The summed E-state index contributed by atoms with van der Waals surface area (Å²) in [6.45, 7) is 6.20. The number of amides is 1. The van der Waals surface area contributed by atoms with E-state index < -0.39 is 0 Å². The van der Waals surface area contributed by atoms with Gasteiger partial charge < -0.3 is 16.0 Å². The highest BCUT2D eigenvalue weighted by molar-refractivity contribution is 5.85. The van der Waals surface area contributed by atoms with Gasteiger partial charge >= 0.3 is 0 Å². The Labute approximate surface area is 156 Å². The Morgan fingerprint density at radius 2 is 1.92 bits per heavy atom. The quantitative estimate of drug-likeness (QED) is 0.689. The highest BCUT2D eigenvalue weighted by Gasteiger charge is 2.19. The molecule has 24 heavy (non-hydrogen) atoms. The zero-order chi connectivity index (χ0) is 16.1. The van der Waals surface area contributed by atoms with Crippen LogP contribution in [0.15, 0.2) is 24.3 Å². The molecular weight excluding hydrogens is 347 g/mol. The Morgan fingerprint density at radius 3 is 2.50 bits per heavy atom. The normalized spacial score (nSPS) is 13.0. The summed E-state index contributed by atoms with van der Waals surface area (Å²) < 4.78 is 0. The molecule has 0 saturated carbocycles. The summed E-state index contributed by atoms with van der Waals surface area (Å²) in [6, 6.07) is 7.86. The molecule has 0 spiro atoms. The van der Waals surface area contributed by atoms with Gasteiger partial charge in [-0.05, 0) is 37.8 Å². The number of fused-ring (bicyclic) bond motifs is 1. The summed E-state index contributed by atoms with van der Waals surface area (Å²) in [6.07, 6.45) is 2.00. The van der Waals surface area contributed by atoms with Crippen LogP contribution in [-0.4, -0.2) is 21.9 Å². The molecule has 1 amide bonds. The first kappa shape index (κ1) is 22.7. The average Bonchev–Trinajstić information content (AvgIpc) is 2.87. The van der Waals surface area contributed by atoms with Crippen molar-refractivity contribution in [2.24, 2.45) is 11.7 Å². The van der Waals surface area contributed by atoms with Gasteiger partial charge in [-0.2, -0.15) is 0 Å². The number of H-pyrrole nitrogens is 1. The second-order valence-corrected chi connectivity index (χ2v) is 6.40. The molecule has 2 rings (SSSR count). The molecule has 5 nitrogen and oxygen atoms in total. The topological polar surface area (TPSA) is 83.8 Å². The second-order valence-electron chi connectivity index (χ2n) is 6.40. The number of nitrogens with one attached hydrogen (secondary N) is 2. The van der Waals surface area contributed by atoms with Crippen LogP contribution in [0.2, 0.25) is 0 Å². The van der Waals surface area contributed by atoms with Crippen molar-refractivity contribution < 1.29 is 4.79 Å². The van der Waals surface area contributed by atoms with Crippen molar-refractivity contribution >= 4 is 41.8 Å². The highest BCUT2D eigenvalue weighted by Crippen LogP contribution is 2.22. The van der Waals surface area contributed by atoms with E-state index in [1.807, 2.05) is 31.2 Å². The summed E-state index contributed by atoms with van der Waals surface area (Å²) in [5.41, 5.74) is 7.64. The number of hydrogen-bond donors (Lipinski definition) is 3. The van der Waals surface area contributed by atoms with Crippen molar-refractivity contribution in [3.63, 3.8) is 0 Å². The first-order valence-corrected chi connectivity index (χ1v) is 7.95. The molecule has 0 aliphatic carbocycles. The van der Waals surface area contributed by atoms with Crippen LogP contribution >= 0.6 is 24.8 Å². The van der Waals surface area contributed by atoms with Crippen LogP contribution in [0.5, 0.6) is 0 Å². The van der Waals surface area contributed by atoms with Gasteiger partial charge in [-0.25, -0.2) is 4.98 Å². The van der Waals surface area contributed by atoms with Crippen molar-refractivity contribution in [2.75, 3.05) is 0 Å². The van der Waals surface area contributed by atoms with Crippen LogP contribution in [0, 0.1) is 5.92 Å². The van der Waals surface area contributed by atoms with Crippen LogP contribution in [0.25, 0.3) is 11.0 Å². The lowest BCUT2D eigenvalue weighted by atomic mass is 10.0. The van der Waals surface area contributed by atoms with Crippen molar-refractivity contribution in [2.45, 2.75) is 52.1 Å². The third-order valence-electron chi connectivity index (χ3n) is 3.61. The van der Waals surface area contributed by atoms with Gasteiger partial charge in [0.15, 0.2) is 0 Å². The molecule has 2 atom stereocenters. The number of aromatic nitrogens is 2. The van der Waals surface area contributed by atoms with Crippen molar-refractivity contribution in [3.8, 4) is 0 Å². The molecule has 2 unspecified atom stereocenters. The lowest BCUT2D eigenvalue weighted by molar-refractivity contribution is -0.122. The Bertz CT molecular complexity index is 595. The third-order valence-corrected chi connectivity index (χ3v) is 3.61. The van der Waals surface area contributed by atoms with Gasteiger partial charge in [-0.15, -0.1) is 24.8 Å². The number of para-hydroxylation sites is 2. The molecule has 0 aliphatic heterocycles. The van der Waals surface area contributed by atoms with E-state index in [9.17, 15) is 4.79 Å². The monoisotopic (exact) mass is 374 g/mol. The lowest BCUT2D eigenvalue weighted by Gasteiger charge is -2.19. The van der Waals surface area contributed by atoms with E-state index in [1.165, 1.54) is 0 Å². The maximum Gasteiger partial charge on any atom is 0.220 e. The fraction of sp³-hybridized carbons (Fsp3) is 0.529. The molecule has 0 aliphatic rings. The minimum atomic E-state index is -0.0898. The molecule has 1 heterocycles. The Morgan fingerprint density at radius 1 is 1.25 bits per heavy atom. The van der Waals surface area contributed by atoms with Gasteiger partial charge in [-0.3, -0.25) is 4.79 Å². The summed E-state index contributed by atoms with van der Waals surface area (Å²) in [4.78, 5) is 20.1. The van der Waals surface area contributed by atoms with E-state index in [0.29, 0.717) is 18.8 Å². The first-order chi connectivity index (χ1) is 10.5. The molecule has 0 radical (unpaired) electrons. The number of halogens is 2. The number of carbonyl (C=O) groups is 1. The zero-order valence-electron chi connectivity index (χ0n) is 14.4. The molecule has 2 aromatic rings. The fourth-order valence-corrected chi connectivity index (χ4v) is 2.47. The predicted molar refractivity (Wildman–Crippen MR) is 104 cm³/mol. The van der Waals surface area contributed by atoms with E-state index in [-0.39, 0.29) is 42.8 Å². The van der Waals surface area contributed by atoms with E-state index in [2.05, 4.69) is 29.1 Å². The summed E-state index contributed by atoms with van der Waals surface area (Å²) in [5, 5.41) is 3.09. The molecule has 1 aromatic heterocycles. The molecule has 0 saturated heterocycles. The smallest absolute Gasteiger partial charge is 0.220 e. The molecule has 7 heteroatoms. The minimum Gasteiger partial charge on any atom is -0.346 e. The van der Waals surface area contributed by atoms with E-state index >= 15 is 0 Å². The number of aromatic amines is 1. The summed E-state index contributed by atoms with van der Waals surface area (Å²) in [5.74, 6) is 1.32. The molecular formula is C17H28Cl2N4O. The van der Waals surface area contributed by atoms with E-state index in [0.717, 1.165) is 23.3 Å². The van der Waals surface area contributed by atoms with Crippen LogP contribution < -0.4 is 11.1 Å². The number of imidazole rings is 1. The van der Waals surface area contributed by atoms with Crippen LogP contribution in [0.3, 0.4) is 0 Å². The Balaban J connectivity index is 0.00000264. The maximum absolute atomic E-state index is 12.1. The van der Waals surface area contributed by atoms with Gasteiger partial charge in [-0.1, -0.05) is 26.0 Å². The molecule has 1 aromatic carbocycles. The van der Waals surface area contributed by atoms with Gasteiger partial charge in [0.05, 0.1) is 17.1 Å². The molecule has 4 N–H and O–H groups in total. The van der Waals surface area contributed by atoms with Crippen molar-refractivity contribution in [3.05, 3.63) is 30.1 Å². The molecule has 0 bridgehead atoms. The molecule has 0 fully saturated rings. The Kier molecular flexibility index (Phi) is 9.97. The minimum absolute atomic E-state index is 0. The van der Waals surface area contributed by atoms with Gasteiger partial charge in [0.2, 0.25) is 5.91 Å². The van der Waals surface area contributed by atoms with E-state index in [4.69, 9.17) is 5.73 Å². The van der Waals surface area contributed by atoms with Crippen molar-refractivity contribution in [1.82, 2.24) is 15.3 Å². The molecule has 136 valence electrons. The number of rotatable bonds is 7. The second kappa shape index (κ2) is 10.5. The maximum atomic E-state index is 12.1. The van der Waals surface area contributed by atoms with Crippen LogP contribution in [-0.2, 0) is 4.79 Å². The number of benzene rings is 1. The first-order valence-electron chi connectivity index (χ1n) is 7.95. The number of carbonyl (C=O) groups excluding carboxylic acids is 1. The number of nitrogens with zero attached hydrogens (tertiary/aromatic N) is 1. The van der Waals surface area contributed by atoms with Gasteiger partial charge in [0.25, 0.3) is 0 Å². The third kappa shape index (κ3) is 6.67. The summed E-state index contributed by atoms with van der Waals surface area (Å²) >= 11 is 0. The van der Waals surface area contributed by atoms with Crippen molar-refractivity contribution in [1.29, 1.82) is 0 Å². The SMILES string of the molecule is CC(C)CC(NC(=O)CCC(C)N)c1nc2ccccc2[nH]1.Cl.Cl. The summed E-state index contributed by atoms with van der Waals surface area (Å²) in [7, 11) is 0. The van der Waals surface area contributed by atoms with Gasteiger partial charge in [0, 0.05) is 12.5 Å². The highest BCUT2D eigenvalue weighted by atomic mass is 35.5. The number of hydrogen-bond acceptors (Lipinski definition) is 3. The van der Waals surface area contributed by atoms with E-state index in [1.54, 1.807) is 0 Å². The largest absolute Gasteiger partial charge is 0.346 e. The lowest BCUT2D eigenvalue weighted by Crippen LogP contribution is -2.31. The van der Waals surface area contributed by atoms with Crippen LogP contribution in [0.4, 0.5) is 0 Å².